The Hall–Kier alpha value is -3.21. The topological polar surface area (TPSA) is 170 Å². The largest absolute Gasteiger partial charge is 0.494 e. The molecule has 0 saturated heterocycles. The van der Waals surface area contributed by atoms with Gasteiger partial charge in [0.15, 0.2) is 0 Å². The number of rotatable bonds is 12. The van der Waals surface area contributed by atoms with Crippen LogP contribution >= 0.6 is 15.9 Å². The molecule has 11 nitrogen and oxygen atoms in total. The Morgan fingerprint density at radius 2 is 1.68 bits per heavy atom. The second-order valence-corrected chi connectivity index (χ2v) is 9.88. The molecule has 2 aromatic rings. The highest BCUT2D eigenvalue weighted by Gasteiger charge is 2.43. The fraction of sp³-hybridized carbons (Fsp3) is 0.286. The molecular weight excluding hydrogens is 589 g/mol. The van der Waals surface area contributed by atoms with Gasteiger partial charge < -0.3 is 15.2 Å². The van der Waals surface area contributed by atoms with Crippen LogP contribution < -0.4 is 20.7 Å². The number of hydrogen-bond donors (Lipinski definition) is 4. The third-order valence-electron chi connectivity index (χ3n) is 4.34. The Labute approximate surface area is 218 Å². The molecule has 1 atom stereocenters. The van der Waals surface area contributed by atoms with Gasteiger partial charge in [0.2, 0.25) is 16.0 Å². The van der Waals surface area contributed by atoms with Crippen molar-refractivity contribution in [2.45, 2.75) is 30.0 Å². The molecule has 0 aliphatic heterocycles. The van der Waals surface area contributed by atoms with E-state index in [-0.39, 0.29) is 24.1 Å². The van der Waals surface area contributed by atoms with E-state index in [1.807, 2.05) is 4.72 Å². The van der Waals surface area contributed by atoms with Crippen molar-refractivity contribution in [2.75, 3.05) is 13.2 Å². The molecule has 0 fully saturated rings. The smallest absolute Gasteiger partial charge is 0.491 e. The van der Waals surface area contributed by atoms with Gasteiger partial charge in [-0.2, -0.15) is 17.9 Å². The standard InChI is InChI=1S/C21H22BrF3N4O7S/c22-14-4-8-16(9-5-14)37(32,33)29-17(18(30)36-19(31)21(23,24)25)12-13-2-6-15(7-3-13)34-10-1-11-35-28-20(26)27/h2-9,17,29H,1,10-12H2,(H4,26,27,28)/t17-/m0/s1. The van der Waals surface area contributed by atoms with Crippen LogP contribution in [0, 0.1) is 5.41 Å². The number of hydrogen-bond acceptors (Lipinski definition) is 8. The van der Waals surface area contributed by atoms with Crippen molar-refractivity contribution in [3.05, 3.63) is 58.6 Å². The number of nitrogens with two attached hydrogens (primary N) is 1. The molecule has 5 N–H and O–H groups in total. The number of nitrogens with one attached hydrogen (secondary N) is 3. The number of carbonyl (C=O) groups excluding carboxylic acids is 2. The molecular formula is C21H22BrF3N4O7S. The molecule has 0 saturated carbocycles. The number of alkyl halides is 3. The predicted molar refractivity (Wildman–Crippen MR) is 127 cm³/mol. The maximum absolute atomic E-state index is 12.7. The lowest BCUT2D eigenvalue weighted by atomic mass is 10.1. The van der Waals surface area contributed by atoms with Gasteiger partial charge in [-0.25, -0.2) is 23.5 Å². The summed E-state index contributed by atoms with van der Waals surface area (Å²) < 4.78 is 75.1. The summed E-state index contributed by atoms with van der Waals surface area (Å²) in [7, 11) is -4.37. The van der Waals surface area contributed by atoms with E-state index < -0.39 is 40.6 Å². The highest BCUT2D eigenvalue weighted by molar-refractivity contribution is 9.10. The number of carbonyl (C=O) groups is 2. The normalized spacial score (nSPS) is 12.4. The minimum Gasteiger partial charge on any atom is -0.494 e. The van der Waals surface area contributed by atoms with E-state index in [4.69, 9.17) is 20.7 Å². The number of ether oxygens (including phenoxy) is 2. The molecule has 202 valence electrons. The van der Waals surface area contributed by atoms with Gasteiger partial charge in [0.1, 0.15) is 11.8 Å². The quantitative estimate of drug-likeness (QED) is 0.0702. The van der Waals surface area contributed by atoms with Crippen LogP contribution in [0.5, 0.6) is 5.75 Å². The van der Waals surface area contributed by atoms with Crippen LogP contribution in [0.25, 0.3) is 0 Å². The zero-order chi connectivity index (χ0) is 27.6. The first kappa shape index (κ1) is 30.0. The van der Waals surface area contributed by atoms with Gasteiger partial charge >= 0.3 is 18.1 Å². The summed E-state index contributed by atoms with van der Waals surface area (Å²) in [6, 6.07) is 9.32. The fourth-order valence-electron chi connectivity index (χ4n) is 2.67. The highest BCUT2D eigenvalue weighted by Crippen LogP contribution is 2.20. The van der Waals surface area contributed by atoms with Gasteiger partial charge in [0, 0.05) is 10.9 Å². The lowest BCUT2D eigenvalue weighted by molar-refractivity contribution is -0.202. The Morgan fingerprint density at radius 1 is 1.05 bits per heavy atom. The molecule has 0 unspecified atom stereocenters. The molecule has 0 bridgehead atoms. The van der Waals surface area contributed by atoms with Crippen molar-refractivity contribution < 1.29 is 45.5 Å². The van der Waals surface area contributed by atoms with Gasteiger partial charge in [-0.05, 0) is 48.4 Å². The minimum absolute atomic E-state index is 0.205. The van der Waals surface area contributed by atoms with E-state index in [2.05, 4.69) is 26.1 Å². The molecule has 0 heterocycles. The summed E-state index contributed by atoms with van der Waals surface area (Å²) >= 11 is 3.15. The van der Waals surface area contributed by atoms with E-state index in [0.717, 1.165) is 0 Å². The summed E-state index contributed by atoms with van der Waals surface area (Å²) in [6.07, 6.45) is -5.43. The van der Waals surface area contributed by atoms with Crippen LogP contribution in [0.1, 0.15) is 12.0 Å². The summed E-state index contributed by atoms with van der Waals surface area (Å²) in [5, 5.41) is 6.94. The fourth-order valence-corrected chi connectivity index (χ4v) is 4.12. The molecule has 16 heteroatoms. The zero-order valence-electron chi connectivity index (χ0n) is 18.9. The number of hydroxylamine groups is 1. The Balaban J connectivity index is 2.10. The van der Waals surface area contributed by atoms with Crippen LogP contribution in [-0.2, 0) is 35.6 Å². The van der Waals surface area contributed by atoms with Crippen molar-refractivity contribution in [2.24, 2.45) is 5.73 Å². The maximum Gasteiger partial charge on any atom is 0.491 e. The summed E-state index contributed by atoms with van der Waals surface area (Å²) in [6.45, 7) is 0.442. The van der Waals surface area contributed by atoms with Crippen LogP contribution in [-0.4, -0.2) is 51.7 Å². The number of benzene rings is 2. The number of guanidine groups is 1. The maximum atomic E-state index is 12.7. The van der Waals surface area contributed by atoms with Crippen LogP contribution in [0.15, 0.2) is 57.9 Å². The van der Waals surface area contributed by atoms with E-state index in [1.54, 1.807) is 0 Å². The van der Waals surface area contributed by atoms with Crippen molar-refractivity contribution in [3.8, 4) is 5.75 Å². The van der Waals surface area contributed by atoms with Crippen LogP contribution in [0.4, 0.5) is 13.2 Å². The molecule has 2 rings (SSSR count). The van der Waals surface area contributed by atoms with Crippen LogP contribution in [0.2, 0.25) is 0 Å². The summed E-state index contributed by atoms with van der Waals surface area (Å²) in [5.74, 6) is -4.43. The first-order valence-corrected chi connectivity index (χ1v) is 12.6. The van der Waals surface area contributed by atoms with Crippen molar-refractivity contribution in [3.63, 3.8) is 0 Å². The van der Waals surface area contributed by atoms with Gasteiger partial charge in [-0.3, -0.25) is 10.2 Å². The number of halogens is 4. The molecule has 2 aromatic carbocycles. The average molecular weight is 611 g/mol. The Morgan fingerprint density at radius 3 is 2.24 bits per heavy atom. The lowest BCUT2D eigenvalue weighted by Crippen LogP contribution is -2.45. The molecule has 37 heavy (non-hydrogen) atoms. The highest BCUT2D eigenvalue weighted by atomic mass is 79.9. The van der Waals surface area contributed by atoms with E-state index in [0.29, 0.717) is 22.2 Å². The average Bonchev–Trinajstić information content (AvgIpc) is 2.81. The number of esters is 2. The predicted octanol–water partition coefficient (Wildman–Crippen LogP) is 2.15. The molecule has 0 amide bonds. The summed E-state index contributed by atoms with van der Waals surface area (Å²) in [4.78, 5) is 28.1. The van der Waals surface area contributed by atoms with E-state index in [9.17, 15) is 31.2 Å². The van der Waals surface area contributed by atoms with E-state index in [1.165, 1.54) is 48.5 Å². The van der Waals surface area contributed by atoms with Crippen molar-refractivity contribution in [1.29, 1.82) is 5.41 Å². The molecule has 0 radical (unpaired) electrons. The van der Waals surface area contributed by atoms with Gasteiger partial charge in [-0.15, -0.1) is 0 Å². The third-order valence-corrected chi connectivity index (χ3v) is 6.35. The molecule has 0 aliphatic rings. The van der Waals surface area contributed by atoms with Crippen molar-refractivity contribution >= 4 is 43.9 Å². The Bertz CT molecular complexity index is 1190. The third kappa shape index (κ3) is 10.4. The lowest BCUT2D eigenvalue weighted by Gasteiger charge is -2.18. The molecule has 0 spiro atoms. The second kappa shape index (κ2) is 13.4. The minimum atomic E-state index is -5.45. The second-order valence-electron chi connectivity index (χ2n) is 7.25. The van der Waals surface area contributed by atoms with Crippen molar-refractivity contribution in [1.82, 2.24) is 10.2 Å². The van der Waals surface area contributed by atoms with Gasteiger partial charge in [-0.1, -0.05) is 28.1 Å². The molecule has 0 aromatic heterocycles. The first-order valence-electron chi connectivity index (χ1n) is 10.3. The molecule has 0 aliphatic carbocycles. The first-order chi connectivity index (χ1) is 17.3. The van der Waals surface area contributed by atoms with Gasteiger partial charge in [0.05, 0.1) is 18.1 Å². The SMILES string of the molecule is N=C(N)NOCCCOc1ccc(C[C@H](NS(=O)(=O)c2ccc(Br)cc2)C(=O)OC(=O)C(F)(F)F)cc1. The van der Waals surface area contributed by atoms with E-state index >= 15 is 0 Å². The van der Waals surface area contributed by atoms with Gasteiger partial charge in [0.25, 0.3) is 0 Å². The van der Waals surface area contributed by atoms with Crippen LogP contribution in [0.3, 0.4) is 0 Å². The summed E-state index contributed by atoms with van der Waals surface area (Å²) in [5.41, 5.74) is 7.55. The number of sulfonamides is 1. The zero-order valence-corrected chi connectivity index (χ0v) is 21.3. The Kier molecular flexibility index (Phi) is 10.8. The monoisotopic (exact) mass is 610 g/mol.